The fraction of sp³-hybridized carbons (Fsp3) is 0.640. The Morgan fingerprint density at radius 3 is 2.85 bits per heavy atom. The number of hydrogen-bond acceptors (Lipinski definition) is 5. The van der Waals surface area contributed by atoms with Crippen molar-refractivity contribution in [1.82, 2.24) is 10.2 Å². The van der Waals surface area contributed by atoms with E-state index in [1.54, 1.807) is 19.2 Å². The smallest absolute Gasteiger partial charge is 0.235 e. The van der Waals surface area contributed by atoms with Crippen LogP contribution in [0.25, 0.3) is 0 Å². The van der Waals surface area contributed by atoms with Crippen LogP contribution in [0.3, 0.4) is 0 Å². The monoisotopic (exact) mass is 454 g/mol. The van der Waals surface area contributed by atoms with E-state index in [2.05, 4.69) is 11.4 Å². The van der Waals surface area contributed by atoms with Crippen LogP contribution in [-0.4, -0.2) is 43.1 Å². The number of carbonyl (C=O) groups excluding carboxylic acids is 1. The van der Waals surface area contributed by atoms with Crippen molar-refractivity contribution in [2.24, 2.45) is 17.3 Å². The van der Waals surface area contributed by atoms with Gasteiger partial charge in [0, 0.05) is 12.6 Å². The highest BCUT2D eigenvalue weighted by Crippen LogP contribution is 2.48. The van der Waals surface area contributed by atoms with E-state index in [-0.39, 0.29) is 30.0 Å². The van der Waals surface area contributed by atoms with Crippen molar-refractivity contribution in [1.29, 1.82) is 10.7 Å². The molecule has 176 valence electrons. The minimum atomic E-state index is -1.13. The molecule has 2 saturated carbocycles. The second-order valence-corrected chi connectivity index (χ2v) is 10.2. The molecule has 1 aromatic carbocycles. The zero-order valence-electron chi connectivity index (χ0n) is 19.0. The second-order valence-electron chi connectivity index (χ2n) is 10.2. The van der Waals surface area contributed by atoms with E-state index in [9.17, 15) is 10.1 Å². The molecule has 5 rings (SSSR count). The standard InChI is InChI=1S/C25H31FN4O3/c1-30-22(31)19-13-21(16-4-5-16)33-15-25(19,29-23(30)28)18-12-17(6-7-20(18)26)32-11-3-10-24(14-27)8-2-9-24/h6-7,12,16,19,21H,2-5,8-11,13,15H2,1H3,(H2,28,29)/t19-,21+,25+/m0/s1. The van der Waals surface area contributed by atoms with Gasteiger partial charge in [0.2, 0.25) is 5.91 Å². The molecule has 2 aliphatic heterocycles. The summed E-state index contributed by atoms with van der Waals surface area (Å²) in [5, 5.41) is 20.8. The Hall–Kier alpha value is -2.66. The summed E-state index contributed by atoms with van der Waals surface area (Å²) in [4.78, 5) is 14.5. The molecule has 1 amide bonds. The molecule has 0 unspecified atom stereocenters. The lowest BCUT2D eigenvalue weighted by Crippen LogP contribution is -2.69. The van der Waals surface area contributed by atoms with Gasteiger partial charge in [-0.3, -0.25) is 15.1 Å². The fourth-order valence-electron chi connectivity index (χ4n) is 5.60. The highest BCUT2D eigenvalue weighted by molar-refractivity contribution is 6.00. The number of carbonyl (C=O) groups is 1. The quantitative estimate of drug-likeness (QED) is 0.613. The Kier molecular flexibility index (Phi) is 5.56. The first kappa shape index (κ1) is 22.1. The predicted octanol–water partition coefficient (Wildman–Crippen LogP) is 3.69. The van der Waals surface area contributed by atoms with Crippen LogP contribution in [-0.2, 0) is 15.1 Å². The Morgan fingerprint density at radius 1 is 1.39 bits per heavy atom. The van der Waals surface area contributed by atoms with Crippen LogP contribution < -0.4 is 10.1 Å². The maximum Gasteiger partial charge on any atom is 0.235 e. The minimum Gasteiger partial charge on any atom is -0.494 e. The molecule has 0 bridgehead atoms. The third-order valence-corrected chi connectivity index (χ3v) is 8.08. The number of ether oxygens (including phenoxy) is 2. The first-order valence-corrected chi connectivity index (χ1v) is 12.0. The van der Waals surface area contributed by atoms with Crippen molar-refractivity contribution in [3.8, 4) is 11.8 Å². The topological polar surface area (TPSA) is 98.4 Å². The Balaban J connectivity index is 1.36. The molecular weight excluding hydrogens is 423 g/mol. The van der Waals surface area contributed by atoms with Gasteiger partial charge in [0.1, 0.15) is 17.1 Å². The van der Waals surface area contributed by atoms with E-state index in [4.69, 9.17) is 14.9 Å². The summed E-state index contributed by atoms with van der Waals surface area (Å²) in [5.41, 5.74) is -1.02. The van der Waals surface area contributed by atoms with Crippen molar-refractivity contribution in [2.45, 2.75) is 63.0 Å². The molecule has 2 N–H and O–H groups in total. The van der Waals surface area contributed by atoms with E-state index < -0.39 is 17.3 Å². The SMILES string of the molecule is CN1C(=N)N[C@@]2(c3cc(OCCCC4(C#N)CCC4)ccc3F)CO[C@@H](C3CC3)C[C@H]2C1=O. The van der Waals surface area contributed by atoms with Gasteiger partial charge in [-0.05, 0) is 69.1 Å². The van der Waals surface area contributed by atoms with Crippen molar-refractivity contribution in [3.05, 3.63) is 29.6 Å². The summed E-state index contributed by atoms with van der Waals surface area (Å²) in [6.07, 6.45) is 7.28. The summed E-state index contributed by atoms with van der Waals surface area (Å²) in [6.45, 7) is 0.571. The van der Waals surface area contributed by atoms with Gasteiger partial charge in [0.25, 0.3) is 0 Å². The number of halogens is 1. The number of hydrogen-bond donors (Lipinski definition) is 2. The van der Waals surface area contributed by atoms with Gasteiger partial charge in [-0.1, -0.05) is 6.42 Å². The zero-order valence-corrected chi connectivity index (χ0v) is 19.0. The molecule has 2 saturated heterocycles. The predicted molar refractivity (Wildman–Crippen MR) is 119 cm³/mol. The molecule has 4 aliphatic rings. The summed E-state index contributed by atoms with van der Waals surface area (Å²) in [6, 6.07) is 7.04. The molecule has 2 heterocycles. The molecule has 1 aromatic rings. The van der Waals surface area contributed by atoms with E-state index in [1.807, 2.05) is 0 Å². The molecule has 2 aliphatic carbocycles. The normalized spacial score (nSPS) is 30.6. The number of guanidine groups is 1. The van der Waals surface area contributed by atoms with Crippen LogP contribution in [0.15, 0.2) is 18.2 Å². The van der Waals surface area contributed by atoms with Crippen LogP contribution in [0.1, 0.15) is 56.9 Å². The lowest BCUT2D eigenvalue weighted by Gasteiger charge is -2.51. The van der Waals surface area contributed by atoms with E-state index in [0.717, 1.165) is 44.9 Å². The molecule has 33 heavy (non-hydrogen) atoms. The number of nitrogens with one attached hydrogen (secondary N) is 2. The minimum absolute atomic E-state index is 0.00369. The Labute approximate surface area is 193 Å². The number of benzene rings is 1. The molecule has 8 heteroatoms. The second kappa shape index (κ2) is 8.28. The van der Waals surface area contributed by atoms with E-state index >= 15 is 4.39 Å². The molecule has 0 radical (unpaired) electrons. The fourth-order valence-corrected chi connectivity index (χ4v) is 5.60. The number of rotatable bonds is 7. The summed E-state index contributed by atoms with van der Waals surface area (Å²) >= 11 is 0. The molecule has 0 aromatic heterocycles. The summed E-state index contributed by atoms with van der Waals surface area (Å²) in [7, 11) is 1.58. The third kappa shape index (κ3) is 3.86. The number of amides is 1. The zero-order chi connectivity index (χ0) is 23.2. The molecule has 4 fully saturated rings. The van der Waals surface area contributed by atoms with Gasteiger partial charge in [0.15, 0.2) is 5.96 Å². The summed E-state index contributed by atoms with van der Waals surface area (Å²) < 4.78 is 27.3. The van der Waals surface area contributed by atoms with Crippen molar-refractivity contribution in [3.63, 3.8) is 0 Å². The van der Waals surface area contributed by atoms with E-state index in [0.29, 0.717) is 30.3 Å². The van der Waals surface area contributed by atoms with E-state index in [1.165, 1.54) is 11.0 Å². The lowest BCUT2D eigenvalue weighted by atomic mass is 9.67. The number of nitriles is 1. The largest absolute Gasteiger partial charge is 0.494 e. The number of nitrogens with zero attached hydrogens (tertiary/aromatic N) is 2. The van der Waals surface area contributed by atoms with Crippen molar-refractivity contribution >= 4 is 11.9 Å². The van der Waals surface area contributed by atoms with Crippen LogP contribution in [0.5, 0.6) is 5.75 Å². The first-order valence-electron chi connectivity index (χ1n) is 12.0. The van der Waals surface area contributed by atoms with Gasteiger partial charge in [0.05, 0.1) is 36.7 Å². The molecule has 3 atom stereocenters. The average molecular weight is 455 g/mol. The molecule has 0 spiro atoms. The maximum absolute atomic E-state index is 15.2. The van der Waals surface area contributed by atoms with Crippen LogP contribution in [0, 0.1) is 39.8 Å². The highest BCUT2D eigenvalue weighted by atomic mass is 19.1. The molecular formula is C25H31FN4O3. The van der Waals surface area contributed by atoms with Crippen LogP contribution >= 0.6 is 0 Å². The Bertz CT molecular complexity index is 1000. The maximum atomic E-state index is 15.2. The van der Waals surface area contributed by atoms with Crippen molar-refractivity contribution < 1.29 is 18.7 Å². The number of fused-ring (bicyclic) bond motifs is 1. The summed E-state index contributed by atoms with van der Waals surface area (Å²) in [5.74, 6) is -0.220. The first-order chi connectivity index (χ1) is 15.9. The lowest BCUT2D eigenvalue weighted by molar-refractivity contribution is -0.150. The van der Waals surface area contributed by atoms with Gasteiger partial charge < -0.3 is 14.8 Å². The van der Waals surface area contributed by atoms with Gasteiger partial charge in [-0.25, -0.2) is 4.39 Å². The van der Waals surface area contributed by atoms with Crippen molar-refractivity contribution in [2.75, 3.05) is 20.3 Å². The van der Waals surface area contributed by atoms with Crippen LogP contribution in [0.4, 0.5) is 4.39 Å². The van der Waals surface area contributed by atoms with Gasteiger partial charge >= 0.3 is 0 Å². The Morgan fingerprint density at radius 2 is 2.18 bits per heavy atom. The van der Waals surface area contributed by atoms with Gasteiger partial charge in [-0.2, -0.15) is 5.26 Å². The van der Waals surface area contributed by atoms with Gasteiger partial charge in [-0.15, -0.1) is 0 Å². The third-order valence-electron chi connectivity index (χ3n) is 8.08. The molecule has 7 nitrogen and oxygen atoms in total. The average Bonchev–Trinajstić information content (AvgIpc) is 3.63. The highest BCUT2D eigenvalue weighted by Gasteiger charge is 2.57. The van der Waals surface area contributed by atoms with Crippen LogP contribution in [0.2, 0.25) is 0 Å².